The average molecular weight is 434 g/mol. The lowest BCUT2D eigenvalue weighted by molar-refractivity contribution is -0.120. The SMILES string of the molecule is CCOC(=O)c1ccccc1NC(=O)C1CCN(S(=O)(=O)c2ccc(F)cc2)CC1. The van der Waals surface area contributed by atoms with E-state index in [9.17, 15) is 22.4 Å². The molecule has 0 bridgehead atoms. The summed E-state index contributed by atoms with van der Waals surface area (Å²) >= 11 is 0. The first-order valence-electron chi connectivity index (χ1n) is 9.65. The minimum atomic E-state index is -3.74. The van der Waals surface area contributed by atoms with Crippen molar-refractivity contribution in [1.29, 1.82) is 0 Å². The molecule has 1 N–H and O–H groups in total. The molecule has 0 unspecified atom stereocenters. The van der Waals surface area contributed by atoms with E-state index in [0.717, 1.165) is 12.1 Å². The Labute approximate surface area is 174 Å². The number of para-hydroxylation sites is 1. The van der Waals surface area contributed by atoms with Crippen molar-refractivity contribution in [2.24, 2.45) is 5.92 Å². The van der Waals surface area contributed by atoms with Crippen LogP contribution in [0.15, 0.2) is 53.4 Å². The highest BCUT2D eigenvalue weighted by atomic mass is 32.2. The molecule has 0 saturated carbocycles. The number of piperidine rings is 1. The van der Waals surface area contributed by atoms with Gasteiger partial charge in [-0.2, -0.15) is 4.31 Å². The molecule has 1 aliphatic rings. The first kappa shape index (κ1) is 21.9. The number of esters is 1. The molecule has 2 aromatic rings. The number of sulfonamides is 1. The van der Waals surface area contributed by atoms with Crippen LogP contribution in [0.5, 0.6) is 0 Å². The second kappa shape index (κ2) is 9.36. The zero-order valence-electron chi connectivity index (χ0n) is 16.5. The molecule has 1 fully saturated rings. The summed E-state index contributed by atoms with van der Waals surface area (Å²) in [6, 6.07) is 11.3. The normalized spacial score (nSPS) is 15.5. The van der Waals surface area contributed by atoms with E-state index in [0.29, 0.717) is 18.5 Å². The summed E-state index contributed by atoms with van der Waals surface area (Å²) in [5.74, 6) is -1.69. The van der Waals surface area contributed by atoms with Crippen molar-refractivity contribution >= 4 is 27.6 Å². The summed E-state index contributed by atoms with van der Waals surface area (Å²) in [6.45, 7) is 2.28. The van der Waals surface area contributed by atoms with Crippen LogP contribution in [0.3, 0.4) is 0 Å². The molecule has 3 rings (SSSR count). The van der Waals surface area contributed by atoms with E-state index >= 15 is 0 Å². The minimum Gasteiger partial charge on any atom is -0.462 e. The smallest absolute Gasteiger partial charge is 0.340 e. The molecule has 7 nitrogen and oxygen atoms in total. The first-order chi connectivity index (χ1) is 14.3. The van der Waals surface area contributed by atoms with E-state index in [2.05, 4.69) is 5.32 Å². The van der Waals surface area contributed by atoms with Crippen molar-refractivity contribution in [2.45, 2.75) is 24.7 Å². The van der Waals surface area contributed by atoms with Gasteiger partial charge in [0.1, 0.15) is 5.82 Å². The van der Waals surface area contributed by atoms with Gasteiger partial charge in [0.15, 0.2) is 0 Å². The molecule has 160 valence electrons. The molecule has 1 amide bonds. The topological polar surface area (TPSA) is 92.8 Å². The fourth-order valence-electron chi connectivity index (χ4n) is 3.33. The van der Waals surface area contributed by atoms with Crippen LogP contribution in [0.1, 0.15) is 30.1 Å². The fraction of sp³-hybridized carbons (Fsp3) is 0.333. The Balaban J connectivity index is 1.64. The van der Waals surface area contributed by atoms with Gasteiger partial charge in [-0.25, -0.2) is 17.6 Å². The number of halogens is 1. The predicted molar refractivity (Wildman–Crippen MR) is 109 cm³/mol. The highest BCUT2D eigenvalue weighted by Gasteiger charge is 2.32. The zero-order chi connectivity index (χ0) is 21.7. The lowest BCUT2D eigenvalue weighted by Crippen LogP contribution is -2.41. The maximum atomic E-state index is 13.1. The van der Waals surface area contributed by atoms with E-state index in [1.807, 2.05) is 0 Å². The van der Waals surface area contributed by atoms with Crippen molar-refractivity contribution < 1.29 is 27.1 Å². The van der Waals surface area contributed by atoms with E-state index in [4.69, 9.17) is 4.74 Å². The molecule has 30 heavy (non-hydrogen) atoms. The van der Waals surface area contributed by atoms with Crippen molar-refractivity contribution in [2.75, 3.05) is 25.0 Å². The monoisotopic (exact) mass is 434 g/mol. The number of ether oxygens (including phenoxy) is 1. The number of benzene rings is 2. The molecule has 0 radical (unpaired) electrons. The third-order valence-electron chi connectivity index (χ3n) is 4.96. The van der Waals surface area contributed by atoms with Crippen molar-refractivity contribution in [3.8, 4) is 0 Å². The first-order valence-corrected chi connectivity index (χ1v) is 11.1. The molecule has 1 saturated heterocycles. The molecule has 0 aromatic heterocycles. The molecule has 0 spiro atoms. The Morgan fingerprint density at radius 3 is 2.37 bits per heavy atom. The number of anilines is 1. The van der Waals surface area contributed by atoms with E-state index in [1.54, 1.807) is 31.2 Å². The predicted octanol–water partition coefficient (Wildman–Crippen LogP) is 3.04. The maximum Gasteiger partial charge on any atom is 0.340 e. The third kappa shape index (κ3) is 4.85. The average Bonchev–Trinajstić information content (AvgIpc) is 2.74. The summed E-state index contributed by atoms with van der Waals surface area (Å²) in [7, 11) is -3.74. The van der Waals surface area contributed by atoms with Crippen LogP contribution in [0.25, 0.3) is 0 Å². The lowest BCUT2D eigenvalue weighted by atomic mass is 9.97. The molecule has 9 heteroatoms. The van der Waals surface area contributed by atoms with Crippen LogP contribution in [-0.4, -0.2) is 44.3 Å². The second-order valence-corrected chi connectivity index (χ2v) is 8.83. The molecule has 2 aromatic carbocycles. The van der Waals surface area contributed by atoms with Crippen LogP contribution in [0.2, 0.25) is 0 Å². The molecule has 0 aliphatic carbocycles. The summed E-state index contributed by atoms with van der Waals surface area (Å²) in [5, 5.41) is 2.76. The number of amides is 1. The maximum absolute atomic E-state index is 13.1. The van der Waals surface area contributed by atoms with Crippen LogP contribution >= 0.6 is 0 Å². The van der Waals surface area contributed by atoms with Gasteiger partial charge in [-0.1, -0.05) is 12.1 Å². The Bertz CT molecular complexity index is 1020. The number of rotatable bonds is 6. The van der Waals surface area contributed by atoms with Gasteiger partial charge >= 0.3 is 5.97 Å². The molecule has 0 atom stereocenters. The lowest BCUT2D eigenvalue weighted by Gasteiger charge is -2.30. The number of nitrogens with zero attached hydrogens (tertiary/aromatic N) is 1. The minimum absolute atomic E-state index is 0.0233. The van der Waals surface area contributed by atoms with Crippen molar-refractivity contribution in [3.05, 3.63) is 59.9 Å². The van der Waals surface area contributed by atoms with Gasteiger partial charge in [-0.15, -0.1) is 0 Å². The van der Waals surface area contributed by atoms with Gasteiger partial charge in [0.25, 0.3) is 0 Å². The van der Waals surface area contributed by atoms with E-state index in [1.165, 1.54) is 16.4 Å². The Morgan fingerprint density at radius 1 is 1.10 bits per heavy atom. The summed E-state index contributed by atoms with van der Waals surface area (Å²) < 4.78 is 44.8. The van der Waals surface area contributed by atoms with Gasteiger partial charge in [0.2, 0.25) is 15.9 Å². The Kier molecular flexibility index (Phi) is 6.84. The third-order valence-corrected chi connectivity index (χ3v) is 6.87. The Hall–Kier alpha value is -2.78. The zero-order valence-corrected chi connectivity index (χ0v) is 17.3. The second-order valence-electron chi connectivity index (χ2n) is 6.89. The number of nitrogens with one attached hydrogen (secondary N) is 1. The standard InChI is InChI=1S/C21H23FN2O5S/c1-2-29-21(26)18-5-3-4-6-19(18)23-20(25)15-11-13-24(14-12-15)30(27,28)17-9-7-16(22)8-10-17/h3-10,15H,2,11-14H2,1H3,(H,23,25). The fourth-order valence-corrected chi connectivity index (χ4v) is 4.80. The number of hydrogen-bond acceptors (Lipinski definition) is 5. The number of carbonyl (C=O) groups excluding carboxylic acids is 2. The molecular formula is C21H23FN2O5S. The van der Waals surface area contributed by atoms with Gasteiger partial charge in [-0.05, 0) is 56.2 Å². The summed E-state index contributed by atoms with van der Waals surface area (Å²) in [5.41, 5.74) is 0.631. The van der Waals surface area contributed by atoms with Crippen LogP contribution in [0, 0.1) is 11.7 Å². The largest absolute Gasteiger partial charge is 0.462 e. The molecular weight excluding hydrogens is 411 g/mol. The quantitative estimate of drug-likeness (QED) is 0.706. The number of carbonyl (C=O) groups is 2. The Morgan fingerprint density at radius 2 is 1.73 bits per heavy atom. The van der Waals surface area contributed by atoms with Gasteiger partial charge in [-0.3, -0.25) is 4.79 Å². The number of hydrogen-bond donors (Lipinski definition) is 1. The van der Waals surface area contributed by atoms with Crippen molar-refractivity contribution in [1.82, 2.24) is 4.31 Å². The highest BCUT2D eigenvalue weighted by molar-refractivity contribution is 7.89. The van der Waals surface area contributed by atoms with Gasteiger partial charge in [0, 0.05) is 19.0 Å². The molecule has 1 heterocycles. The van der Waals surface area contributed by atoms with Crippen molar-refractivity contribution in [3.63, 3.8) is 0 Å². The van der Waals surface area contributed by atoms with E-state index in [-0.39, 0.29) is 42.0 Å². The summed E-state index contributed by atoms with van der Waals surface area (Å²) in [6.07, 6.45) is 0.682. The summed E-state index contributed by atoms with van der Waals surface area (Å²) in [4.78, 5) is 24.8. The highest BCUT2D eigenvalue weighted by Crippen LogP contribution is 2.26. The van der Waals surface area contributed by atoms with Crippen LogP contribution < -0.4 is 5.32 Å². The van der Waals surface area contributed by atoms with E-state index < -0.39 is 21.8 Å². The van der Waals surface area contributed by atoms with Crippen LogP contribution in [0.4, 0.5) is 10.1 Å². The van der Waals surface area contributed by atoms with Gasteiger partial charge in [0.05, 0.1) is 22.8 Å². The van der Waals surface area contributed by atoms with Crippen LogP contribution in [-0.2, 0) is 19.6 Å². The van der Waals surface area contributed by atoms with Gasteiger partial charge < -0.3 is 10.1 Å². The molecule has 1 aliphatic heterocycles.